The number of carbonyl (C=O) groups is 1. The summed E-state index contributed by atoms with van der Waals surface area (Å²) in [5.74, 6) is -0.00665. The van der Waals surface area contributed by atoms with E-state index in [2.05, 4.69) is 10.3 Å². The minimum Gasteiger partial charge on any atom is -0.356 e. The van der Waals surface area contributed by atoms with Crippen LogP contribution in [0.3, 0.4) is 0 Å². The van der Waals surface area contributed by atoms with Crippen molar-refractivity contribution in [2.45, 2.75) is 13.3 Å². The molecule has 4 heteroatoms. The summed E-state index contributed by atoms with van der Waals surface area (Å²) in [6, 6.07) is 1.84. The van der Waals surface area contributed by atoms with Crippen molar-refractivity contribution in [2.24, 2.45) is 0 Å². The van der Waals surface area contributed by atoms with Gasteiger partial charge in [0.1, 0.15) is 0 Å². The van der Waals surface area contributed by atoms with Gasteiger partial charge in [-0.3, -0.25) is 9.78 Å². The molecule has 1 aromatic heterocycles. The first kappa shape index (κ1) is 11.7. The molecule has 0 aliphatic rings. The average Bonchev–Trinajstić information content (AvgIpc) is 2.17. The Labute approximate surface area is 94.2 Å². The first-order chi connectivity index (χ1) is 7.18. The molecular weight excluding hydrogens is 212 g/mol. The van der Waals surface area contributed by atoms with E-state index in [4.69, 9.17) is 11.6 Å². The number of carbonyl (C=O) groups excluding carboxylic acids is 1. The van der Waals surface area contributed by atoms with Crippen LogP contribution in [0.2, 0.25) is 5.02 Å². The summed E-state index contributed by atoms with van der Waals surface area (Å²) in [5.41, 5.74) is 0.963. The molecule has 1 rings (SSSR count). The largest absolute Gasteiger partial charge is 0.356 e. The van der Waals surface area contributed by atoms with Gasteiger partial charge in [-0.15, -0.1) is 0 Å². The molecule has 0 fully saturated rings. The molecule has 0 saturated heterocycles. The number of nitrogens with one attached hydrogen (secondary N) is 1. The van der Waals surface area contributed by atoms with Gasteiger partial charge in [-0.1, -0.05) is 23.8 Å². The zero-order valence-corrected chi connectivity index (χ0v) is 9.29. The van der Waals surface area contributed by atoms with Crippen molar-refractivity contribution in [2.75, 3.05) is 6.54 Å². The second-order valence-corrected chi connectivity index (χ2v) is 3.55. The maximum atomic E-state index is 10.6. The summed E-state index contributed by atoms with van der Waals surface area (Å²) in [5, 5.41) is 3.34. The van der Waals surface area contributed by atoms with E-state index < -0.39 is 0 Å². The Hall–Kier alpha value is -1.35. The lowest BCUT2D eigenvalue weighted by molar-refractivity contribution is -0.118. The number of halogens is 1. The fourth-order valence-corrected chi connectivity index (χ4v) is 1.25. The molecule has 0 unspecified atom stereocenters. The van der Waals surface area contributed by atoms with Gasteiger partial charge in [-0.25, -0.2) is 0 Å². The SMILES string of the molecule is CC(=O)NCCC=Cc1cncc(Cl)c1. The van der Waals surface area contributed by atoms with E-state index >= 15 is 0 Å². The van der Waals surface area contributed by atoms with Crippen molar-refractivity contribution < 1.29 is 4.79 Å². The molecule has 1 aromatic rings. The summed E-state index contributed by atoms with van der Waals surface area (Å²) < 4.78 is 0. The summed E-state index contributed by atoms with van der Waals surface area (Å²) in [6.07, 6.45) is 8.03. The Morgan fingerprint density at radius 3 is 3.07 bits per heavy atom. The average molecular weight is 225 g/mol. The molecule has 1 heterocycles. The highest BCUT2D eigenvalue weighted by atomic mass is 35.5. The first-order valence-electron chi connectivity index (χ1n) is 4.70. The van der Waals surface area contributed by atoms with Crippen LogP contribution < -0.4 is 5.32 Å². The molecule has 0 radical (unpaired) electrons. The molecular formula is C11H13ClN2O. The highest BCUT2D eigenvalue weighted by Gasteiger charge is 1.90. The number of rotatable bonds is 4. The summed E-state index contributed by atoms with van der Waals surface area (Å²) in [7, 11) is 0. The van der Waals surface area contributed by atoms with Crippen LogP contribution in [0, 0.1) is 0 Å². The number of pyridine rings is 1. The van der Waals surface area contributed by atoms with Gasteiger partial charge in [0.05, 0.1) is 5.02 Å². The van der Waals surface area contributed by atoms with Crippen molar-refractivity contribution in [3.63, 3.8) is 0 Å². The van der Waals surface area contributed by atoms with Crippen molar-refractivity contribution >= 4 is 23.6 Å². The Bertz CT molecular complexity index is 363. The maximum absolute atomic E-state index is 10.6. The quantitative estimate of drug-likeness (QED) is 0.798. The lowest BCUT2D eigenvalue weighted by Gasteiger charge is -1.97. The monoisotopic (exact) mass is 224 g/mol. The molecule has 0 spiro atoms. The van der Waals surface area contributed by atoms with Crippen molar-refractivity contribution in [1.82, 2.24) is 10.3 Å². The van der Waals surface area contributed by atoms with Gasteiger partial charge >= 0.3 is 0 Å². The third-order valence-electron chi connectivity index (χ3n) is 1.72. The number of amides is 1. The Balaban J connectivity index is 2.35. The molecule has 1 N–H and O–H groups in total. The fraction of sp³-hybridized carbons (Fsp3) is 0.273. The van der Waals surface area contributed by atoms with E-state index in [1.54, 1.807) is 12.4 Å². The summed E-state index contributed by atoms with van der Waals surface area (Å²) in [4.78, 5) is 14.5. The van der Waals surface area contributed by atoms with Crippen LogP contribution >= 0.6 is 11.6 Å². The third kappa shape index (κ3) is 5.18. The van der Waals surface area contributed by atoms with Gasteiger partial charge in [0.25, 0.3) is 0 Å². The maximum Gasteiger partial charge on any atom is 0.216 e. The standard InChI is InChI=1S/C11H13ClN2O/c1-9(15)14-5-3-2-4-10-6-11(12)8-13-7-10/h2,4,6-8H,3,5H2,1H3,(H,14,15). The Morgan fingerprint density at radius 2 is 2.40 bits per heavy atom. The molecule has 15 heavy (non-hydrogen) atoms. The van der Waals surface area contributed by atoms with Crippen LogP contribution in [0.15, 0.2) is 24.5 Å². The van der Waals surface area contributed by atoms with Crippen LogP contribution in [-0.2, 0) is 4.79 Å². The van der Waals surface area contributed by atoms with E-state index in [-0.39, 0.29) is 5.91 Å². The Morgan fingerprint density at radius 1 is 1.60 bits per heavy atom. The molecule has 80 valence electrons. The molecule has 0 aliphatic heterocycles. The van der Waals surface area contributed by atoms with E-state index in [0.29, 0.717) is 11.6 Å². The van der Waals surface area contributed by atoms with Gasteiger partial charge in [-0.05, 0) is 18.1 Å². The van der Waals surface area contributed by atoms with E-state index in [0.717, 1.165) is 12.0 Å². The van der Waals surface area contributed by atoms with Gasteiger partial charge in [-0.2, -0.15) is 0 Å². The minimum absolute atomic E-state index is 0.00665. The van der Waals surface area contributed by atoms with Crippen molar-refractivity contribution in [1.29, 1.82) is 0 Å². The predicted molar refractivity (Wildman–Crippen MR) is 61.6 cm³/mol. The van der Waals surface area contributed by atoms with Gasteiger partial charge in [0.2, 0.25) is 5.91 Å². The molecule has 0 aliphatic carbocycles. The number of nitrogens with zero attached hydrogens (tertiary/aromatic N) is 1. The van der Waals surface area contributed by atoms with Crippen LogP contribution in [0.1, 0.15) is 18.9 Å². The van der Waals surface area contributed by atoms with E-state index in [1.807, 2.05) is 18.2 Å². The van der Waals surface area contributed by atoms with Crippen molar-refractivity contribution in [3.05, 3.63) is 35.1 Å². The zero-order chi connectivity index (χ0) is 11.1. The fourth-order valence-electron chi connectivity index (χ4n) is 1.07. The molecule has 0 atom stereocenters. The van der Waals surface area contributed by atoms with Crippen LogP contribution in [-0.4, -0.2) is 17.4 Å². The van der Waals surface area contributed by atoms with Crippen LogP contribution in [0.4, 0.5) is 0 Å². The highest BCUT2D eigenvalue weighted by molar-refractivity contribution is 6.30. The second-order valence-electron chi connectivity index (χ2n) is 3.11. The Kier molecular flexibility index (Phi) is 4.84. The lowest BCUT2D eigenvalue weighted by atomic mass is 10.2. The normalized spacial score (nSPS) is 10.5. The summed E-state index contributed by atoms with van der Waals surface area (Å²) in [6.45, 7) is 2.16. The molecule has 3 nitrogen and oxygen atoms in total. The molecule has 1 amide bonds. The number of hydrogen-bond acceptors (Lipinski definition) is 2. The first-order valence-corrected chi connectivity index (χ1v) is 5.08. The van der Waals surface area contributed by atoms with Gasteiger partial charge < -0.3 is 5.32 Å². The second kappa shape index (κ2) is 6.19. The van der Waals surface area contributed by atoms with E-state index in [9.17, 15) is 4.79 Å². The van der Waals surface area contributed by atoms with Crippen LogP contribution in [0.25, 0.3) is 6.08 Å². The molecule has 0 aromatic carbocycles. The number of hydrogen-bond donors (Lipinski definition) is 1. The van der Waals surface area contributed by atoms with Gasteiger partial charge in [0.15, 0.2) is 0 Å². The molecule has 0 bridgehead atoms. The van der Waals surface area contributed by atoms with Gasteiger partial charge in [0, 0.05) is 25.9 Å². The van der Waals surface area contributed by atoms with E-state index in [1.165, 1.54) is 6.92 Å². The molecule has 0 saturated carbocycles. The number of aromatic nitrogens is 1. The minimum atomic E-state index is -0.00665. The smallest absolute Gasteiger partial charge is 0.216 e. The lowest BCUT2D eigenvalue weighted by Crippen LogP contribution is -2.20. The zero-order valence-electron chi connectivity index (χ0n) is 8.53. The topological polar surface area (TPSA) is 42.0 Å². The third-order valence-corrected chi connectivity index (χ3v) is 1.93. The van der Waals surface area contributed by atoms with Crippen molar-refractivity contribution in [3.8, 4) is 0 Å². The van der Waals surface area contributed by atoms with Crippen LogP contribution in [0.5, 0.6) is 0 Å². The predicted octanol–water partition coefficient (Wildman–Crippen LogP) is 2.27. The highest BCUT2D eigenvalue weighted by Crippen LogP contribution is 2.09. The summed E-state index contributed by atoms with van der Waals surface area (Å²) >= 11 is 5.77.